The molecule has 0 aliphatic carbocycles. The molecule has 6 nitrogen and oxygen atoms in total. The maximum Gasteiger partial charge on any atom is 0.271 e. The molecule has 0 atom stereocenters. The number of rotatable bonds is 5. The third-order valence-corrected chi connectivity index (χ3v) is 2.96. The van der Waals surface area contributed by atoms with Crippen molar-refractivity contribution in [1.29, 1.82) is 0 Å². The van der Waals surface area contributed by atoms with Gasteiger partial charge in [-0.3, -0.25) is 9.78 Å². The highest BCUT2D eigenvalue weighted by molar-refractivity contribution is 6.32. The van der Waals surface area contributed by atoms with Crippen LogP contribution in [-0.4, -0.2) is 28.8 Å². The van der Waals surface area contributed by atoms with Crippen LogP contribution in [0.15, 0.2) is 41.8 Å². The van der Waals surface area contributed by atoms with Crippen molar-refractivity contribution in [3.05, 3.63) is 52.8 Å². The van der Waals surface area contributed by atoms with E-state index in [9.17, 15) is 9.90 Å². The monoisotopic (exact) mass is 319 g/mol. The van der Waals surface area contributed by atoms with Crippen molar-refractivity contribution in [3.8, 4) is 11.5 Å². The van der Waals surface area contributed by atoms with E-state index in [4.69, 9.17) is 16.3 Å². The Hall–Kier alpha value is -2.60. The Bertz CT molecular complexity index is 690. The van der Waals surface area contributed by atoms with Gasteiger partial charge in [0.25, 0.3) is 5.91 Å². The number of ether oxygens (including phenoxy) is 1. The standard InChI is InChI=1S/C15H14ClN3O3/c1-2-22-13-8-10(7-12(16)14(13)20)9-18-19-15(21)11-3-5-17-6-4-11/h3-9,20H,2H2,1H3,(H,19,21)/b18-9-. The topological polar surface area (TPSA) is 83.8 Å². The second kappa shape index (κ2) is 7.42. The van der Waals surface area contributed by atoms with Crippen molar-refractivity contribution < 1.29 is 14.6 Å². The molecule has 2 aromatic rings. The first-order valence-corrected chi connectivity index (χ1v) is 6.88. The van der Waals surface area contributed by atoms with E-state index < -0.39 is 0 Å². The molecule has 0 aliphatic heterocycles. The summed E-state index contributed by atoms with van der Waals surface area (Å²) in [7, 11) is 0. The van der Waals surface area contributed by atoms with Gasteiger partial charge < -0.3 is 9.84 Å². The van der Waals surface area contributed by atoms with Crippen LogP contribution in [0.2, 0.25) is 5.02 Å². The number of phenols is 1. The molecule has 0 unspecified atom stereocenters. The fourth-order valence-corrected chi connectivity index (χ4v) is 1.89. The third-order valence-electron chi connectivity index (χ3n) is 2.67. The molecule has 1 heterocycles. The lowest BCUT2D eigenvalue weighted by atomic mass is 10.2. The number of pyridine rings is 1. The summed E-state index contributed by atoms with van der Waals surface area (Å²) in [5, 5.41) is 13.7. The molecule has 1 aromatic heterocycles. The Kier molecular flexibility index (Phi) is 5.32. The number of nitrogens with one attached hydrogen (secondary N) is 1. The number of nitrogens with zero attached hydrogens (tertiary/aromatic N) is 2. The number of halogens is 1. The van der Waals surface area contributed by atoms with Crippen LogP contribution in [0, 0.1) is 0 Å². The van der Waals surface area contributed by atoms with Crippen LogP contribution >= 0.6 is 11.6 Å². The largest absolute Gasteiger partial charge is 0.503 e. The highest BCUT2D eigenvalue weighted by atomic mass is 35.5. The van der Waals surface area contributed by atoms with Gasteiger partial charge in [-0.2, -0.15) is 5.10 Å². The minimum absolute atomic E-state index is 0.124. The summed E-state index contributed by atoms with van der Waals surface area (Å²) in [5.74, 6) is -0.216. The number of aromatic nitrogens is 1. The maximum atomic E-state index is 11.8. The molecule has 0 saturated carbocycles. The number of carbonyl (C=O) groups is 1. The maximum absolute atomic E-state index is 11.8. The van der Waals surface area contributed by atoms with Crippen LogP contribution in [0.3, 0.4) is 0 Å². The van der Waals surface area contributed by atoms with Gasteiger partial charge in [-0.05, 0) is 36.8 Å². The number of hydrogen-bond acceptors (Lipinski definition) is 5. The van der Waals surface area contributed by atoms with E-state index in [2.05, 4.69) is 15.5 Å². The Morgan fingerprint density at radius 3 is 2.86 bits per heavy atom. The van der Waals surface area contributed by atoms with E-state index in [1.54, 1.807) is 25.1 Å². The second-order valence-corrected chi connectivity index (χ2v) is 4.62. The summed E-state index contributed by atoms with van der Waals surface area (Å²) in [5.41, 5.74) is 3.42. The van der Waals surface area contributed by atoms with Gasteiger partial charge in [0.05, 0.1) is 17.8 Å². The number of benzene rings is 1. The van der Waals surface area contributed by atoms with Crippen LogP contribution in [0.5, 0.6) is 11.5 Å². The smallest absolute Gasteiger partial charge is 0.271 e. The van der Waals surface area contributed by atoms with Gasteiger partial charge in [-0.1, -0.05) is 11.6 Å². The first-order valence-electron chi connectivity index (χ1n) is 6.50. The van der Waals surface area contributed by atoms with Crippen molar-refractivity contribution in [1.82, 2.24) is 10.4 Å². The van der Waals surface area contributed by atoms with E-state index in [0.29, 0.717) is 17.7 Å². The van der Waals surface area contributed by atoms with Gasteiger partial charge in [-0.15, -0.1) is 0 Å². The molecule has 0 radical (unpaired) electrons. The van der Waals surface area contributed by atoms with Crippen molar-refractivity contribution in [2.75, 3.05) is 6.61 Å². The molecule has 0 aliphatic rings. The lowest BCUT2D eigenvalue weighted by Gasteiger charge is -2.08. The van der Waals surface area contributed by atoms with Gasteiger partial charge in [0.1, 0.15) is 0 Å². The highest BCUT2D eigenvalue weighted by Crippen LogP contribution is 2.34. The average molecular weight is 320 g/mol. The molecular weight excluding hydrogens is 306 g/mol. The van der Waals surface area contributed by atoms with Gasteiger partial charge in [-0.25, -0.2) is 5.43 Å². The molecule has 2 rings (SSSR count). The zero-order chi connectivity index (χ0) is 15.9. The lowest BCUT2D eigenvalue weighted by molar-refractivity contribution is 0.0955. The zero-order valence-corrected chi connectivity index (χ0v) is 12.5. The van der Waals surface area contributed by atoms with Crippen molar-refractivity contribution in [3.63, 3.8) is 0 Å². The predicted molar refractivity (Wildman–Crippen MR) is 83.6 cm³/mol. The van der Waals surface area contributed by atoms with Gasteiger partial charge >= 0.3 is 0 Å². The molecule has 0 spiro atoms. The van der Waals surface area contributed by atoms with Crippen LogP contribution in [0.1, 0.15) is 22.8 Å². The Labute approximate surface area is 132 Å². The first-order chi connectivity index (χ1) is 10.6. The Balaban J connectivity index is 2.09. The number of hydrazone groups is 1. The lowest BCUT2D eigenvalue weighted by Crippen LogP contribution is -2.17. The van der Waals surface area contributed by atoms with Crippen molar-refractivity contribution in [2.24, 2.45) is 5.10 Å². The van der Waals surface area contributed by atoms with E-state index in [-0.39, 0.29) is 22.4 Å². The number of hydrogen-bond donors (Lipinski definition) is 2. The average Bonchev–Trinajstić information content (AvgIpc) is 2.53. The van der Waals surface area contributed by atoms with E-state index >= 15 is 0 Å². The fourth-order valence-electron chi connectivity index (χ4n) is 1.67. The predicted octanol–water partition coefficient (Wildman–Crippen LogP) is 2.60. The molecule has 0 bridgehead atoms. The van der Waals surface area contributed by atoms with Crippen molar-refractivity contribution in [2.45, 2.75) is 6.92 Å². The van der Waals surface area contributed by atoms with Crippen LogP contribution in [0.4, 0.5) is 0 Å². The Morgan fingerprint density at radius 1 is 1.45 bits per heavy atom. The van der Waals surface area contributed by atoms with Crippen LogP contribution in [0.25, 0.3) is 0 Å². The second-order valence-electron chi connectivity index (χ2n) is 4.22. The first kappa shape index (κ1) is 15.8. The highest BCUT2D eigenvalue weighted by Gasteiger charge is 2.09. The van der Waals surface area contributed by atoms with E-state index in [1.165, 1.54) is 24.7 Å². The normalized spacial score (nSPS) is 10.6. The SMILES string of the molecule is CCOc1cc(/C=N\NC(=O)c2ccncc2)cc(Cl)c1O. The molecule has 114 valence electrons. The molecule has 0 saturated heterocycles. The number of carbonyl (C=O) groups excluding carboxylic acids is 1. The van der Waals surface area contributed by atoms with Crippen molar-refractivity contribution >= 4 is 23.7 Å². The minimum Gasteiger partial charge on any atom is -0.503 e. The molecule has 7 heteroatoms. The molecule has 0 fully saturated rings. The van der Waals surface area contributed by atoms with Crippen LogP contribution < -0.4 is 10.2 Å². The van der Waals surface area contributed by atoms with Crippen LogP contribution in [-0.2, 0) is 0 Å². The van der Waals surface area contributed by atoms with E-state index in [0.717, 1.165) is 0 Å². The molecule has 1 aromatic carbocycles. The minimum atomic E-state index is -0.353. The summed E-state index contributed by atoms with van der Waals surface area (Å²) in [6.45, 7) is 2.19. The molecule has 1 amide bonds. The number of amides is 1. The summed E-state index contributed by atoms with van der Waals surface area (Å²) >= 11 is 5.91. The third kappa shape index (κ3) is 3.95. The van der Waals surface area contributed by atoms with Gasteiger partial charge in [0.2, 0.25) is 0 Å². The zero-order valence-electron chi connectivity index (χ0n) is 11.8. The Morgan fingerprint density at radius 2 is 2.18 bits per heavy atom. The van der Waals surface area contributed by atoms with E-state index in [1.807, 2.05) is 0 Å². The summed E-state index contributed by atoms with van der Waals surface area (Å²) < 4.78 is 5.26. The van der Waals surface area contributed by atoms with Gasteiger partial charge in [0, 0.05) is 18.0 Å². The molecule has 22 heavy (non-hydrogen) atoms. The summed E-state index contributed by atoms with van der Waals surface area (Å²) in [6.07, 6.45) is 4.45. The quantitative estimate of drug-likeness (QED) is 0.655. The number of aromatic hydroxyl groups is 1. The number of phenolic OH excluding ortho intramolecular Hbond substituents is 1. The summed E-state index contributed by atoms with van der Waals surface area (Å²) in [6, 6.07) is 6.25. The fraction of sp³-hybridized carbons (Fsp3) is 0.133. The van der Waals surface area contributed by atoms with Gasteiger partial charge in [0.15, 0.2) is 11.5 Å². The summed E-state index contributed by atoms with van der Waals surface area (Å²) in [4.78, 5) is 15.6. The molecular formula is C15H14ClN3O3. The molecule has 2 N–H and O–H groups in total.